The first-order chi connectivity index (χ1) is 19.7. The van der Waals surface area contributed by atoms with Crippen LogP contribution in [-0.2, 0) is 0 Å². The third kappa shape index (κ3) is 8.63. The predicted molar refractivity (Wildman–Crippen MR) is 196 cm³/mol. The summed E-state index contributed by atoms with van der Waals surface area (Å²) in [5.74, 6) is 0. The molecule has 0 saturated heterocycles. The predicted octanol–water partition coefficient (Wildman–Crippen LogP) is 11.0. The van der Waals surface area contributed by atoms with Crippen molar-refractivity contribution in [3.05, 3.63) is 126 Å². The van der Waals surface area contributed by atoms with Crippen LogP contribution in [0.3, 0.4) is 0 Å². The first-order valence-corrected chi connectivity index (χ1v) is 18.6. The molecule has 0 bridgehead atoms. The highest BCUT2D eigenvalue weighted by atomic mass is 31.1. The second-order valence-corrected chi connectivity index (χ2v) is 19.1. The molecule has 0 aliphatic rings. The molecule has 0 amide bonds. The lowest BCUT2D eigenvalue weighted by Gasteiger charge is -2.42. The highest BCUT2D eigenvalue weighted by Gasteiger charge is 2.39. The van der Waals surface area contributed by atoms with Crippen molar-refractivity contribution in [3.63, 3.8) is 0 Å². The zero-order valence-electron chi connectivity index (χ0n) is 27.1. The normalized spacial score (nSPS) is 15.6. The number of hydrogen-bond acceptors (Lipinski definition) is 0. The molecule has 42 heavy (non-hydrogen) atoms. The quantitative estimate of drug-likeness (QED) is 0.165. The smallest absolute Gasteiger partial charge is 0.0109 e. The Bertz CT molecular complexity index is 1310. The minimum absolute atomic E-state index is 0.107. The van der Waals surface area contributed by atoms with Crippen LogP contribution in [0.2, 0.25) is 0 Å². The van der Waals surface area contributed by atoms with Crippen LogP contribution in [-0.4, -0.2) is 0 Å². The van der Waals surface area contributed by atoms with E-state index >= 15 is 0 Å². The van der Waals surface area contributed by atoms with Crippen LogP contribution in [0.5, 0.6) is 0 Å². The van der Waals surface area contributed by atoms with Crippen LogP contribution in [0.15, 0.2) is 109 Å². The molecule has 0 nitrogen and oxygen atoms in total. The fraction of sp³-hybridized carbons (Fsp3) is 0.385. The average Bonchev–Trinajstić information content (AvgIpc) is 2.93. The Hall–Kier alpha value is -1.83. The summed E-state index contributed by atoms with van der Waals surface area (Å²) in [4.78, 5) is 0. The lowest BCUT2D eigenvalue weighted by Crippen LogP contribution is -2.26. The van der Waals surface area contributed by atoms with Crippen LogP contribution >= 0.6 is 25.7 Å². The van der Waals surface area contributed by atoms with E-state index in [0.717, 1.165) is 17.2 Å². The zero-order chi connectivity index (χ0) is 30.5. The zero-order valence-corrected chi connectivity index (χ0v) is 30.1. The van der Waals surface area contributed by atoms with E-state index in [9.17, 15) is 0 Å². The molecule has 4 rings (SSSR count). The lowest BCUT2D eigenvalue weighted by atomic mass is 9.76. The van der Waals surface area contributed by atoms with Gasteiger partial charge in [-0.05, 0) is 48.8 Å². The molecule has 0 heterocycles. The Labute approximate surface area is 262 Å². The minimum Gasteiger partial charge on any atom is -0.0822 e. The number of hydrogen-bond donors (Lipinski definition) is 0. The van der Waals surface area contributed by atoms with E-state index < -0.39 is 0 Å². The summed E-state index contributed by atoms with van der Waals surface area (Å²) in [5.41, 5.74) is 6.39. The summed E-state index contributed by atoms with van der Waals surface area (Å²) < 4.78 is 0. The van der Waals surface area contributed by atoms with Gasteiger partial charge < -0.3 is 0 Å². The van der Waals surface area contributed by atoms with E-state index in [4.69, 9.17) is 0 Å². The molecule has 0 aliphatic heterocycles. The maximum atomic E-state index is 2.49. The average molecular weight is 613 g/mol. The number of benzene rings is 4. The molecule has 0 radical (unpaired) electrons. The molecule has 0 spiro atoms. The van der Waals surface area contributed by atoms with Gasteiger partial charge in [0.2, 0.25) is 0 Å². The van der Waals surface area contributed by atoms with Crippen LogP contribution in [0.4, 0.5) is 0 Å². The van der Waals surface area contributed by atoms with E-state index in [1.54, 1.807) is 16.7 Å². The largest absolute Gasteiger partial charge is 0.0822 e. The maximum absolute atomic E-state index is 2.49. The molecule has 3 heteroatoms. The van der Waals surface area contributed by atoms with Crippen molar-refractivity contribution >= 4 is 41.7 Å². The third-order valence-electron chi connectivity index (χ3n) is 7.94. The maximum Gasteiger partial charge on any atom is 0.0109 e. The van der Waals surface area contributed by atoms with Crippen molar-refractivity contribution in [1.29, 1.82) is 0 Å². The first kappa shape index (κ1) is 33.1. The standard InChI is InChI=1S/C39H51P3/c1-37(2,3)34(40-28-20-13-10-14-21-28)31-26-19-27-32(35(38(4,5)6)41-29-22-15-11-16-23-29)33(31)36(39(7,8)9)42-30-24-17-12-18-25-30/h10-27,34-36,40-42H,1-9H3. The Morgan fingerprint density at radius 2 is 0.643 bits per heavy atom. The van der Waals surface area contributed by atoms with E-state index in [2.05, 4.69) is 172 Å². The van der Waals surface area contributed by atoms with Gasteiger partial charge in [0.25, 0.3) is 0 Å². The van der Waals surface area contributed by atoms with Gasteiger partial charge in [-0.15, -0.1) is 0 Å². The van der Waals surface area contributed by atoms with E-state index in [1.165, 1.54) is 15.9 Å². The first-order valence-electron chi connectivity index (χ1n) is 15.3. The molecular formula is C39H51P3. The Balaban J connectivity index is 2.00. The molecule has 0 aromatic heterocycles. The summed E-state index contributed by atoms with van der Waals surface area (Å²) in [7, 11) is 2.15. The molecule has 0 fully saturated rings. The second kappa shape index (κ2) is 13.9. The van der Waals surface area contributed by atoms with Crippen LogP contribution in [0.1, 0.15) is 96.0 Å². The third-order valence-corrected chi connectivity index (χ3v) is 14.3. The van der Waals surface area contributed by atoms with E-state index in [0.29, 0.717) is 25.6 Å². The van der Waals surface area contributed by atoms with Gasteiger partial charge in [0.15, 0.2) is 0 Å². The number of rotatable bonds is 9. The van der Waals surface area contributed by atoms with E-state index in [-0.39, 0.29) is 16.2 Å². The fourth-order valence-electron chi connectivity index (χ4n) is 5.78. The SMILES string of the molecule is CC(C)(C)C(Pc1ccccc1)c1cccc(C(Pc2ccccc2)C(C)(C)C)c1C(Pc1ccccc1)C(C)(C)C. The Morgan fingerprint density at radius 1 is 0.357 bits per heavy atom. The summed E-state index contributed by atoms with van der Waals surface area (Å²) in [5, 5.41) is 4.35. The molecule has 4 aromatic rings. The lowest BCUT2D eigenvalue weighted by molar-refractivity contribution is 0.369. The highest BCUT2D eigenvalue weighted by Crippen LogP contribution is 2.59. The van der Waals surface area contributed by atoms with Crippen LogP contribution < -0.4 is 15.9 Å². The molecule has 0 N–H and O–H groups in total. The van der Waals surface area contributed by atoms with Crippen molar-refractivity contribution in [2.75, 3.05) is 0 Å². The summed E-state index contributed by atoms with van der Waals surface area (Å²) >= 11 is 0. The molecule has 4 aromatic carbocycles. The molecular weight excluding hydrogens is 561 g/mol. The topological polar surface area (TPSA) is 0 Å². The van der Waals surface area contributed by atoms with Gasteiger partial charge in [-0.3, -0.25) is 0 Å². The van der Waals surface area contributed by atoms with Gasteiger partial charge in [-0.25, -0.2) is 0 Å². The monoisotopic (exact) mass is 612 g/mol. The fourth-order valence-corrected chi connectivity index (χ4v) is 10.5. The summed E-state index contributed by atoms with van der Waals surface area (Å²) in [6.45, 7) is 22.1. The summed E-state index contributed by atoms with van der Waals surface area (Å²) in [6, 6.07) is 40.9. The molecule has 0 saturated carbocycles. The van der Waals surface area contributed by atoms with Crippen LogP contribution in [0, 0.1) is 16.2 Å². The van der Waals surface area contributed by atoms with Gasteiger partial charge in [-0.1, -0.05) is 197 Å². The van der Waals surface area contributed by atoms with Gasteiger partial charge in [0.1, 0.15) is 0 Å². The van der Waals surface area contributed by atoms with Crippen molar-refractivity contribution < 1.29 is 0 Å². The molecule has 6 unspecified atom stereocenters. The minimum atomic E-state index is 0.107. The van der Waals surface area contributed by atoms with Crippen molar-refractivity contribution in [1.82, 2.24) is 0 Å². The van der Waals surface area contributed by atoms with Crippen molar-refractivity contribution in [2.24, 2.45) is 16.2 Å². The van der Waals surface area contributed by atoms with Crippen molar-refractivity contribution in [3.8, 4) is 0 Å². The van der Waals surface area contributed by atoms with Gasteiger partial charge in [0, 0.05) is 17.0 Å². The highest BCUT2D eigenvalue weighted by molar-refractivity contribution is 7.48. The molecule has 222 valence electrons. The Kier molecular flexibility index (Phi) is 10.9. The van der Waals surface area contributed by atoms with Gasteiger partial charge in [-0.2, -0.15) is 0 Å². The summed E-state index contributed by atoms with van der Waals surface area (Å²) in [6.07, 6.45) is 0. The molecule has 6 atom stereocenters. The van der Waals surface area contributed by atoms with E-state index in [1.807, 2.05) is 0 Å². The van der Waals surface area contributed by atoms with Gasteiger partial charge in [0.05, 0.1) is 0 Å². The van der Waals surface area contributed by atoms with Crippen molar-refractivity contribution in [2.45, 2.75) is 79.3 Å². The van der Waals surface area contributed by atoms with Crippen LogP contribution in [0.25, 0.3) is 0 Å². The van der Waals surface area contributed by atoms with Gasteiger partial charge >= 0.3 is 0 Å². The Morgan fingerprint density at radius 3 is 0.929 bits per heavy atom. The molecule has 0 aliphatic carbocycles. The second-order valence-electron chi connectivity index (χ2n) is 14.8.